The Hall–Kier alpha value is -4.45. The van der Waals surface area contributed by atoms with Crippen molar-refractivity contribution in [1.82, 2.24) is 30.3 Å². The quantitative estimate of drug-likeness (QED) is 0.209. The Kier molecular flexibility index (Phi) is 8.32. The monoisotopic (exact) mass is 525 g/mol. The van der Waals surface area contributed by atoms with Crippen molar-refractivity contribution in [1.29, 1.82) is 0 Å². The van der Waals surface area contributed by atoms with E-state index in [9.17, 15) is 9.90 Å². The van der Waals surface area contributed by atoms with Gasteiger partial charge in [0.25, 0.3) is 0 Å². The Morgan fingerprint density at radius 3 is 2.51 bits per heavy atom. The molecule has 0 atom stereocenters. The summed E-state index contributed by atoms with van der Waals surface area (Å²) in [7, 11) is 2.12. The van der Waals surface area contributed by atoms with Crippen molar-refractivity contribution in [3.05, 3.63) is 90.1 Å². The van der Waals surface area contributed by atoms with Crippen LogP contribution in [-0.4, -0.2) is 69.5 Å². The van der Waals surface area contributed by atoms with Crippen LogP contribution in [0.25, 0.3) is 0 Å². The largest absolute Gasteiger partial charge is 0.392 e. The maximum Gasteiger partial charge on any atom is 0.229 e. The van der Waals surface area contributed by atoms with Crippen molar-refractivity contribution >= 4 is 35.1 Å². The van der Waals surface area contributed by atoms with Crippen LogP contribution in [0.1, 0.15) is 21.5 Å². The number of aliphatic hydroxyl groups is 1. The van der Waals surface area contributed by atoms with E-state index in [-0.39, 0.29) is 6.61 Å². The molecular weight excluding hydrogens is 494 g/mol. The van der Waals surface area contributed by atoms with Crippen LogP contribution in [-0.2, 0) is 13.2 Å². The molecular formula is C28H31N9O2. The van der Waals surface area contributed by atoms with E-state index < -0.39 is 0 Å². The number of hydrogen-bond donors (Lipinski definition) is 3. The Labute approximate surface area is 227 Å². The van der Waals surface area contributed by atoms with Crippen LogP contribution >= 0.6 is 0 Å². The van der Waals surface area contributed by atoms with Gasteiger partial charge in [-0.3, -0.25) is 9.80 Å². The van der Waals surface area contributed by atoms with Gasteiger partial charge in [-0.15, -0.1) is 0 Å². The molecule has 1 saturated heterocycles. The molecule has 1 fully saturated rings. The van der Waals surface area contributed by atoms with Gasteiger partial charge in [0.05, 0.1) is 30.3 Å². The third-order valence-corrected chi connectivity index (χ3v) is 6.57. The number of carbonyl (C=O) groups is 1. The van der Waals surface area contributed by atoms with E-state index in [0.29, 0.717) is 29.6 Å². The minimum atomic E-state index is -0.0848. The SMILES string of the molecule is CN1CCN(c2ccc(Nc3ncc(C=O)c(N(NCc4ccccc4)c4cncnc4)n3)cc2CO)CC1. The highest BCUT2D eigenvalue weighted by Crippen LogP contribution is 2.28. The third-order valence-electron chi connectivity index (χ3n) is 6.57. The number of nitrogens with one attached hydrogen (secondary N) is 2. The lowest BCUT2D eigenvalue weighted by molar-refractivity contribution is 0.112. The molecule has 3 heterocycles. The fraction of sp³-hybridized carbons (Fsp3) is 0.250. The number of aromatic nitrogens is 4. The lowest BCUT2D eigenvalue weighted by atomic mass is 10.1. The van der Waals surface area contributed by atoms with Gasteiger partial charge in [0.2, 0.25) is 5.95 Å². The van der Waals surface area contributed by atoms with E-state index in [2.05, 4.69) is 47.5 Å². The molecule has 200 valence electrons. The van der Waals surface area contributed by atoms with Gasteiger partial charge in [0.1, 0.15) is 6.33 Å². The smallest absolute Gasteiger partial charge is 0.229 e. The molecule has 11 heteroatoms. The maximum atomic E-state index is 12.0. The molecule has 3 N–H and O–H groups in total. The molecule has 0 radical (unpaired) electrons. The summed E-state index contributed by atoms with van der Waals surface area (Å²) in [5, 5.41) is 15.0. The summed E-state index contributed by atoms with van der Waals surface area (Å²) < 4.78 is 0. The molecule has 1 aliphatic rings. The second-order valence-corrected chi connectivity index (χ2v) is 9.26. The predicted octanol–water partition coefficient (Wildman–Crippen LogP) is 2.91. The third kappa shape index (κ3) is 6.34. The summed E-state index contributed by atoms with van der Waals surface area (Å²) in [6.45, 7) is 4.17. The van der Waals surface area contributed by atoms with Gasteiger partial charge in [-0.2, -0.15) is 4.98 Å². The number of benzene rings is 2. The standard InChI is InChI=1S/C28H31N9O2/c1-35-9-11-36(12-10-35)26-8-7-24(13-22(26)18-38)33-28-31-15-23(19-39)27(34-28)37(25-16-29-20-30-17-25)32-14-21-5-3-2-4-6-21/h2-8,13,15-17,19-20,32,38H,9-12,14,18H2,1H3,(H,31,33,34). The van der Waals surface area contributed by atoms with E-state index in [1.165, 1.54) is 12.5 Å². The summed E-state index contributed by atoms with van der Waals surface area (Å²) >= 11 is 0. The molecule has 0 saturated carbocycles. The van der Waals surface area contributed by atoms with E-state index in [1.54, 1.807) is 17.4 Å². The molecule has 39 heavy (non-hydrogen) atoms. The minimum Gasteiger partial charge on any atom is -0.392 e. The Bertz CT molecular complexity index is 1380. The normalized spacial score (nSPS) is 13.7. The molecule has 4 aromatic rings. The van der Waals surface area contributed by atoms with Crippen LogP contribution in [0.15, 0.2) is 73.4 Å². The van der Waals surface area contributed by atoms with Crippen molar-refractivity contribution < 1.29 is 9.90 Å². The molecule has 0 aliphatic carbocycles. The number of likely N-dealkylation sites (N-methyl/N-ethyl adjacent to an activating group) is 1. The van der Waals surface area contributed by atoms with E-state index >= 15 is 0 Å². The van der Waals surface area contributed by atoms with Crippen molar-refractivity contribution in [2.24, 2.45) is 0 Å². The molecule has 0 unspecified atom stereocenters. The Balaban J connectivity index is 1.42. The van der Waals surface area contributed by atoms with E-state index in [4.69, 9.17) is 0 Å². The lowest BCUT2D eigenvalue weighted by Crippen LogP contribution is -2.44. The van der Waals surface area contributed by atoms with Gasteiger partial charge in [-0.25, -0.2) is 20.4 Å². The van der Waals surface area contributed by atoms with Crippen molar-refractivity contribution in [3.8, 4) is 0 Å². The van der Waals surface area contributed by atoms with Crippen LogP contribution in [0.3, 0.4) is 0 Å². The number of nitrogens with zero attached hydrogens (tertiary/aromatic N) is 7. The molecule has 0 bridgehead atoms. The molecule has 0 amide bonds. The first kappa shape index (κ1) is 26.2. The zero-order valence-electron chi connectivity index (χ0n) is 21.7. The minimum absolute atomic E-state index is 0.0848. The van der Waals surface area contributed by atoms with Crippen LogP contribution in [0.4, 0.5) is 28.8 Å². The first-order chi connectivity index (χ1) is 19.1. The fourth-order valence-corrected chi connectivity index (χ4v) is 4.44. The molecule has 2 aromatic heterocycles. The van der Waals surface area contributed by atoms with Gasteiger partial charge >= 0.3 is 0 Å². The molecule has 5 rings (SSSR count). The van der Waals surface area contributed by atoms with Crippen molar-refractivity contribution in [2.45, 2.75) is 13.2 Å². The van der Waals surface area contributed by atoms with Crippen molar-refractivity contribution in [3.63, 3.8) is 0 Å². The first-order valence-electron chi connectivity index (χ1n) is 12.7. The highest BCUT2D eigenvalue weighted by atomic mass is 16.3. The number of hydrogen-bond acceptors (Lipinski definition) is 11. The van der Waals surface area contributed by atoms with Crippen LogP contribution in [0.5, 0.6) is 0 Å². The Morgan fingerprint density at radius 1 is 1.03 bits per heavy atom. The van der Waals surface area contributed by atoms with E-state index in [1.807, 2.05) is 48.5 Å². The zero-order chi connectivity index (χ0) is 27.0. The number of aliphatic hydroxyl groups excluding tert-OH is 1. The van der Waals surface area contributed by atoms with Gasteiger partial charge in [0.15, 0.2) is 12.1 Å². The lowest BCUT2D eigenvalue weighted by Gasteiger charge is -2.35. The second-order valence-electron chi connectivity index (χ2n) is 9.26. The zero-order valence-corrected chi connectivity index (χ0v) is 21.7. The van der Waals surface area contributed by atoms with Gasteiger partial charge in [-0.05, 0) is 30.8 Å². The number of anilines is 5. The number of hydrazine groups is 1. The molecule has 2 aromatic carbocycles. The second kappa shape index (κ2) is 12.4. The average Bonchev–Trinajstić information content (AvgIpc) is 2.99. The highest BCUT2D eigenvalue weighted by Gasteiger charge is 2.19. The summed E-state index contributed by atoms with van der Waals surface area (Å²) in [4.78, 5) is 33.9. The number of carbonyl (C=O) groups excluding carboxylic acids is 1. The van der Waals surface area contributed by atoms with E-state index in [0.717, 1.165) is 55.0 Å². The van der Waals surface area contributed by atoms with Gasteiger partial charge in [0, 0.05) is 55.9 Å². The number of piperazine rings is 1. The average molecular weight is 526 g/mol. The number of rotatable bonds is 10. The fourth-order valence-electron chi connectivity index (χ4n) is 4.44. The predicted molar refractivity (Wildman–Crippen MR) is 150 cm³/mol. The Morgan fingerprint density at radius 2 is 1.79 bits per heavy atom. The van der Waals surface area contributed by atoms with Gasteiger partial charge < -0.3 is 20.2 Å². The first-order valence-corrected chi connectivity index (χ1v) is 12.7. The summed E-state index contributed by atoms with van der Waals surface area (Å²) in [5.74, 6) is 0.653. The maximum absolute atomic E-state index is 12.0. The topological polar surface area (TPSA) is 123 Å². The van der Waals surface area contributed by atoms with Crippen LogP contribution < -0.4 is 20.7 Å². The molecule has 11 nitrogen and oxygen atoms in total. The van der Waals surface area contributed by atoms with Crippen LogP contribution in [0.2, 0.25) is 0 Å². The van der Waals surface area contributed by atoms with Crippen LogP contribution in [0, 0.1) is 0 Å². The molecule has 0 spiro atoms. The summed E-state index contributed by atoms with van der Waals surface area (Å²) in [6, 6.07) is 15.8. The highest BCUT2D eigenvalue weighted by molar-refractivity contribution is 5.84. The molecule has 1 aliphatic heterocycles. The van der Waals surface area contributed by atoms with Crippen molar-refractivity contribution in [2.75, 3.05) is 48.5 Å². The van der Waals surface area contributed by atoms with Gasteiger partial charge in [-0.1, -0.05) is 30.3 Å². The summed E-state index contributed by atoms with van der Waals surface area (Å²) in [5.41, 5.74) is 7.87. The summed E-state index contributed by atoms with van der Waals surface area (Å²) in [6.07, 6.45) is 6.91. The number of aldehydes is 1.